The number of carbonyl (C=O) groups excluding carboxylic acids is 1. The normalized spacial score (nSPS) is 35.5. The van der Waals surface area contributed by atoms with Crippen LogP contribution < -0.4 is 9.47 Å². The second-order valence-corrected chi connectivity index (χ2v) is 12.5. The summed E-state index contributed by atoms with van der Waals surface area (Å²) in [6, 6.07) is 6.34. The summed E-state index contributed by atoms with van der Waals surface area (Å²) in [5.41, 5.74) is 3.97. The van der Waals surface area contributed by atoms with Gasteiger partial charge in [0, 0.05) is 23.2 Å². The molecule has 6 rings (SSSR count). The van der Waals surface area contributed by atoms with Crippen molar-refractivity contribution in [3.63, 3.8) is 0 Å². The van der Waals surface area contributed by atoms with Gasteiger partial charge in [0.2, 0.25) is 6.79 Å². The number of hydrogen-bond acceptors (Lipinski definition) is 4. The van der Waals surface area contributed by atoms with Crippen molar-refractivity contribution in [2.45, 2.75) is 84.2 Å². The van der Waals surface area contributed by atoms with Crippen molar-refractivity contribution in [3.05, 3.63) is 46.6 Å². The van der Waals surface area contributed by atoms with Crippen LogP contribution in [0.25, 0.3) is 0 Å². The maximum atomic E-state index is 12.3. The molecule has 1 aliphatic heterocycles. The van der Waals surface area contributed by atoms with Crippen LogP contribution in [0.4, 0.5) is 0 Å². The number of ether oxygens (including phenoxy) is 2. The average Bonchev–Trinajstić information content (AvgIpc) is 3.38. The fraction of sp³-hybridized carbons (Fsp3) is 0.581. The molecule has 5 aliphatic rings. The van der Waals surface area contributed by atoms with Gasteiger partial charge in [-0.05, 0) is 106 Å². The highest BCUT2D eigenvalue weighted by molar-refractivity contribution is 5.93. The topological polar surface area (TPSA) is 55.8 Å². The van der Waals surface area contributed by atoms with Crippen LogP contribution in [0.1, 0.15) is 84.1 Å². The molecule has 1 heterocycles. The molecule has 5 atom stereocenters. The summed E-state index contributed by atoms with van der Waals surface area (Å²) in [7, 11) is 0. The maximum absolute atomic E-state index is 12.3. The molecule has 35 heavy (non-hydrogen) atoms. The molecular formula is C31H36O4. The van der Waals surface area contributed by atoms with E-state index in [-0.39, 0.29) is 29.3 Å². The lowest BCUT2D eigenvalue weighted by Crippen LogP contribution is -2.51. The Balaban J connectivity index is 1.51. The predicted octanol–water partition coefficient (Wildman–Crippen LogP) is 6.10. The summed E-state index contributed by atoms with van der Waals surface area (Å²) in [5, 5.41) is 12.1. The van der Waals surface area contributed by atoms with Crippen molar-refractivity contribution in [1.29, 1.82) is 0 Å². The molecule has 2 fully saturated rings. The van der Waals surface area contributed by atoms with Gasteiger partial charge < -0.3 is 14.6 Å². The van der Waals surface area contributed by atoms with Gasteiger partial charge in [-0.3, -0.25) is 4.79 Å². The largest absolute Gasteiger partial charge is 0.454 e. The third-order valence-electron chi connectivity index (χ3n) is 9.33. The summed E-state index contributed by atoms with van der Waals surface area (Å²) >= 11 is 0. The van der Waals surface area contributed by atoms with E-state index < -0.39 is 5.60 Å². The fourth-order valence-corrected chi connectivity index (χ4v) is 7.59. The van der Waals surface area contributed by atoms with E-state index in [1.54, 1.807) is 0 Å². The monoisotopic (exact) mass is 472 g/mol. The first-order valence-electron chi connectivity index (χ1n) is 13.2. The fourth-order valence-electron chi connectivity index (χ4n) is 7.59. The minimum absolute atomic E-state index is 0.151. The first-order valence-corrected chi connectivity index (χ1v) is 13.2. The van der Waals surface area contributed by atoms with Gasteiger partial charge in [0.05, 0.1) is 0 Å². The minimum Gasteiger partial charge on any atom is -0.454 e. The van der Waals surface area contributed by atoms with E-state index in [1.807, 2.05) is 12.1 Å². The summed E-state index contributed by atoms with van der Waals surface area (Å²) in [4.78, 5) is 12.3. The Bertz CT molecular complexity index is 1220. The van der Waals surface area contributed by atoms with Crippen molar-refractivity contribution >= 4 is 5.78 Å². The first kappa shape index (κ1) is 22.9. The van der Waals surface area contributed by atoms with E-state index in [0.717, 1.165) is 50.0 Å². The Morgan fingerprint density at radius 1 is 1.09 bits per heavy atom. The molecule has 0 amide bonds. The van der Waals surface area contributed by atoms with Crippen LogP contribution in [0, 0.1) is 34.5 Å². The van der Waals surface area contributed by atoms with Gasteiger partial charge in [0.15, 0.2) is 17.3 Å². The van der Waals surface area contributed by atoms with Crippen LogP contribution in [0.2, 0.25) is 0 Å². The molecule has 1 aromatic carbocycles. The Morgan fingerprint density at radius 2 is 1.89 bits per heavy atom. The lowest BCUT2D eigenvalue weighted by molar-refractivity contribution is -0.114. The molecule has 0 aromatic heterocycles. The van der Waals surface area contributed by atoms with Crippen LogP contribution in [-0.2, 0) is 4.79 Å². The Labute approximate surface area is 208 Å². The van der Waals surface area contributed by atoms with Gasteiger partial charge in [-0.1, -0.05) is 30.4 Å². The van der Waals surface area contributed by atoms with Crippen LogP contribution in [-0.4, -0.2) is 23.3 Å². The van der Waals surface area contributed by atoms with Crippen molar-refractivity contribution in [2.75, 3.05) is 6.79 Å². The van der Waals surface area contributed by atoms with Gasteiger partial charge in [0.1, 0.15) is 5.60 Å². The third kappa shape index (κ3) is 3.58. The smallest absolute Gasteiger partial charge is 0.231 e. The molecule has 184 valence electrons. The lowest BCUT2D eigenvalue weighted by Gasteiger charge is -2.53. The predicted molar refractivity (Wildman–Crippen MR) is 135 cm³/mol. The second-order valence-electron chi connectivity index (χ2n) is 12.5. The molecule has 0 unspecified atom stereocenters. The van der Waals surface area contributed by atoms with Gasteiger partial charge >= 0.3 is 0 Å². The standard InChI is InChI=1S/C31H36O4/c1-29(2,3)13-14-31(33)12-11-25-23-8-5-19-15-21(32)7-9-22(19)28(23)24(17-30(25,31)4)20-6-10-26-27(16-20)35-18-34-26/h6,10,15-16,23-25,33H,5,7-9,11-12,17-18H2,1-4H3/t23-,24+,25-,30-,31+/m0/s1. The van der Waals surface area contributed by atoms with Gasteiger partial charge in [-0.2, -0.15) is 0 Å². The van der Waals surface area contributed by atoms with E-state index in [1.165, 1.54) is 22.3 Å². The number of rotatable bonds is 1. The summed E-state index contributed by atoms with van der Waals surface area (Å²) in [6.45, 7) is 8.87. The molecule has 0 radical (unpaired) electrons. The number of allylic oxidation sites excluding steroid dienone is 4. The zero-order valence-corrected chi connectivity index (χ0v) is 21.4. The summed E-state index contributed by atoms with van der Waals surface area (Å²) in [5.74, 6) is 9.61. The highest BCUT2D eigenvalue weighted by atomic mass is 16.7. The molecule has 0 bridgehead atoms. The summed E-state index contributed by atoms with van der Waals surface area (Å²) < 4.78 is 11.3. The van der Waals surface area contributed by atoms with Crippen molar-refractivity contribution < 1.29 is 19.4 Å². The molecule has 0 spiro atoms. The second kappa shape index (κ2) is 7.74. The third-order valence-corrected chi connectivity index (χ3v) is 9.33. The van der Waals surface area contributed by atoms with Gasteiger partial charge in [0.25, 0.3) is 0 Å². The zero-order valence-electron chi connectivity index (χ0n) is 21.4. The van der Waals surface area contributed by atoms with Crippen LogP contribution in [0.15, 0.2) is 41.0 Å². The van der Waals surface area contributed by atoms with Crippen LogP contribution >= 0.6 is 0 Å². The van der Waals surface area contributed by atoms with Crippen molar-refractivity contribution in [3.8, 4) is 23.3 Å². The van der Waals surface area contributed by atoms with Crippen molar-refractivity contribution in [2.24, 2.45) is 22.7 Å². The van der Waals surface area contributed by atoms with E-state index >= 15 is 0 Å². The number of hydrogen-bond donors (Lipinski definition) is 1. The molecular weight excluding hydrogens is 436 g/mol. The van der Waals surface area contributed by atoms with E-state index in [2.05, 4.69) is 51.7 Å². The molecule has 4 aliphatic carbocycles. The molecule has 1 aromatic rings. The molecule has 1 N–H and O–H groups in total. The quantitative estimate of drug-likeness (QED) is 0.502. The van der Waals surface area contributed by atoms with E-state index in [9.17, 15) is 9.90 Å². The average molecular weight is 473 g/mol. The lowest BCUT2D eigenvalue weighted by atomic mass is 9.51. The van der Waals surface area contributed by atoms with Gasteiger partial charge in [-0.25, -0.2) is 0 Å². The molecule has 0 saturated heterocycles. The van der Waals surface area contributed by atoms with E-state index in [4.69, 9.17) is 9.47 Å². The number of fused-ring (bicyclic) bond motifs is 5. The van der Waals surface area contributed by atoms with Crippen LogP contribution in [0.5, 0.6) is 11.5 Å². The zero-order chi connectivity index (χ0) is 24.6. The molecule has 2 saturated carbocycles. The highest BCUT2D eigenvalue weighted by Gasteiger charge is 2.62. The Morgan fingerprint density at radius 3 is 2.69 bits per heavy atom. The van der Waals surface area contributed by atoms with E-state index in [0.29, 0.717) is 18.3 Å². The molecule has 4 nitrogen and oxygen atoms in total. The Hall–Kier alpha value is -2.51. The summed E-state index contributed by atoms with van der Waals surface area (Å²) in [6.07, 6.45) is 7.94. The number of benzene rings is 1. The number of ketones is 1. The van der Waals surface area contributed by atoms with Crippen LogP contribution in [0.3, 0.4) is 0 Å². The molecule has 4 heteroatoms. The minimum atomic E-state index is -0.992. The highest BCUT2D eigenvalue weighted by Crippen LogP contribution is 2.66. The SMILES string of the molecule is CC(C)(C)C#C[C@]1(O)CC[C@H]2[C@@H]3CCC4=CC(=O)CCC4=C3[C@@H](c3ccc4c(c3)OCO4)C[C@@]21C. The number of carbonyl (C=O) groups is 1. The Kier molecular flexibility index (Phi) is 5.07. The maximum Gasteiger partial charge on any atom is 0.231 e. The van der Waals surface area contributed by atoms with Crippen molar-refractivity contribution in [1.82, 2.24) is 0 Å². The first-order chi connectivity index (χ1) is 16.6. The number of aliphatic hydroxyl groups is 1. The van der Waals surface area contributed by atoms with Gasteiger partial charge in [-0.15, -0.1) is 0 Å².